The Kier molecular flexibility index (Phi) is 7.32. The highest BCUT2D eigenvalue weighted by molar-refractivity contribution is 9.10. The lowest BCUT2D eigenvalue weighted by Crippen LogP contribution is -2.36. The number of benzene rings is 2. The van der Waals surface area contributed by atoms with Crippen molar-refractivity contribution in [3.8, 4) is 5.75 Å². The van der Waals surface area contributed by atoms with E-state index in [9.17, 15) is 9.59 Å². The van der Waals surface area contributed by atoms with Crippen molar-refractivity contribution in [3.05, 3.63) is 66.9 Å². The van der Waals surface area contributed by atoms with Crippen molar-refractivity contribution < 1.29 is 14.3 Å². The number of carbonyl (C=O) groups is 2. The molecule has 8 heteroatoms. The minimum absolute atomic E-state index is 0.144. The molecule has 1 aliphatic rings. The smallest absolute Gasteiger partial charge is 0.293 e. The summed E-state index contributed by atoms with van der Waals surface area (Å²) >= 11 is 17.0. The highest BCUT2D eigenvalue weighted by Crippen LogP contribution is 2.38. The van der Waals surface area contributed by atoms with E-state index in [1.165, 1.54) is 4.90 Å². The maximum absolute atomic E-state index is 12.6. The third kappa shape index (κ3) is 5.18. The summed E-state index contributed by atoms with van der Waals surface area (Å²) in [7, 11) is 0. The Bertz CT molecular complexity index is 955. The molecule has 1 heterocycles. The van der Waals surface area contributed by atoms with Gasteiger partial charge in [-0.25, -0.2) is 0 Å². The van der Waals surface area contributed by atoms with Crippen LogP contribution in [-0.2, 0) is 11.4 Å². The fourth-order valence-corrected chi connectivity index (χ4v) is 4.54. The minimum atomic E-state index is -0.294. The van der Waals surface area contributed by atoms with Crippen molar-refractivity contribution in [2.45, 2.75) is 32.9 Å². The van der Waals surface area contributed by atoms with Crippen LogP contribution >= 0.6 is 50.9 Å². The van der Waals surface area contributed by atoms with Crippen molar-refractivity contribution in [3.63, 3.8) is 0 Å². The van der Waals surface area contributed by atoms with Crippen molar-refractivity contribution in [1.29, 1.82) is 0 Å². The molecule has 1 aliphatic heterocycles. The Balaban J connectivity index is 1.78. The van der Waals surface area contributed by atoms with Gasteiger partial charge in [-0.05, 0) is 66.6 Å². The van der Waals surface area contributed by atoms with E-state index in [-0.39, 0.29) is 17.2 Å². The molecule has 152 valence electrons. The van der Waals surface area contributed by atoms with Crippen molar-refractivity contribution >= 4 is 68.1 Å². The molecule has 1 saturated heterocycles. The van der Waals surface area contributed by atoms with Gasteiger partial charge in [0.05, 0.1) is 15.0 Å². The Morgan fingerprint density at radius 2 is 1.79 bits per heavy atom. The zero-order valence-corrected chi connectivity index (χ0v) is 19.7. The van der Waals surface area contributed by atoms with Crippen molar-refractivity contribution in [2.24, 2.45) is 0 Å². The molecule has 0 N–H and O–H groups in total. The highest BCUT2D eigenvalue weighted by Gasteiger charge is 2.37. The number of rotatable bonds is 6. The quantitative estimate of drug-likeness (QED) is 0.383. The van der Waals surface area contributed by atoms with Crippen molar-refractivity contribution in [1.82, 2.24) is 4.90 Å². The monoisotopic (exact) mass is 513 g/mol. The average Bonchev–Trinajstić information content (AvgIpc) is 2.95. The van der Waals surface area contributed by atoms with Crippen LogP contribution in [0.15, 0.2) is 45.8 Å². The first-order valence-corrected chi connectivity index (χ1v) is 11.3. The Hall–Kier alpha value is -1.47. The molecular weight excluding hydrogens is 497 g/mol. The lowest BCUT2D eigenvalue weighted by Gasteiger charge is -2.19. The number of halogens is 3. The molecule has 29 heavy (non-hydrogen) atoms. The summed E-state index contributed by atoms with van der Waals surface area (Å²) in [6.45, 7) is 4.11. The predicted molar refractivity (Wildman–Crippen MR) is 122 cm³/mol. The number of ether oxygens (including phenoxy) is 1. The Labute approximate surface area is 192 Å². The molecule has 2 aromatic carbocycles. The van der Waals surface area contributed by atoms with E-state index in [1.54, 1.807) is 18.2 Å². The SMILES string of the molecule is CC[C@@H](C)N1C(=O)S/C(=C/c2cc(Cl)c(OCc3ccc(Br)cc3)c(Cl)c2)C1=O. The molecular formula is C21H18BrCl2NO3S. The summed E-state index contributed by atoms with van der Waals surface area (Å²) in [5.74, 6) is 0.0817. The zero-order chi connectivity index (χ0) is 21.1. The van der Waals surface area contributed by atoms with Crippen LogP contribution in [0.4, 0.5) is 4.79 Å². The van der Waals surface area contributed by atoms with E-state index in [4.69, 9.17) is 27.9 Å². The third-order valence-electron chi connectivity index (χ3n) is 4.47. The van der Waals surface area contributed by atoms with E-state index in [1.807, 2.05) is 38.1 Å². The van der Waals surface area contributed by atoms with Crippen LogP contribution in [0.5, 0.6) is 5.75 Å². The third-order valence-corrected chi connectivity index (χ3v) is 6.44. The van der Waals surface area contributed by atoms with E-state index >= 15 is 0 Å². The van der Waals surface area contributed by atoms with Crippen LogP contribution in [-0.4, -0.2) is 22.1 Å². The van der Waals surface area contributed by atoms with Crippen LogP contribution in [0, 0.1) is 0 Å². The van der Waals surface area contributed by atoms with E-state index in [0.29, 0.717) is 39.3 Å². The summed E-state index contributed by atoms with van der Waals surface area (Å²) in [6.07, 6.45) is 2.33. The fraction of sp³-hybridized carbons (Fsp3) is 0.238. The number of amides is 2. The molecule has 3 rings (SSSR count). The summed E-state index contributed by atoms with van der Waals surface area (Å²) in [4.78, 5) is 26.4. The molecule has 0 aromatic heterocycles. The minimum Gasteiger partial charge on any atom is -0.486 e. The molecule has 2 aromatic rings. The second-order valence-corrected chi connectivity index (χ2v) is 9.26. The van der Waals surface area contributed by atoms with Gasteiger partial charge in [0.15, 0.2) is 5.75 Å². The van der Waals surface area contributed by atoms with Crippen LogP contribution in [0.1, 0.15) is 31.4 Å². The number of carbonyl (C=O) groups excluding carboxylic acids is 2. The number of nitrogens with zero attached hydrogens (tertiary/aromatic N) is 1. The van der Waals surface area contributed by atoms with Crippen LogP contribution in [0.2, 0.25) is 10.0 Å². The van der Waals surface area contributed by atoms with Gasteiger partial charge in [0.2, 0.25) is 0 Å². The lowest BCUT2D eigenvalue weighted by molar-refractivity contribution is -0.124. The summed E-state index contributed by atoms with van der Waals surface area (Å²) in [5, 5.41) is 0.409. The number of hydrogen-bond acceptors (Lipinski definition) is 4. The molecule has 0 radical (unpaired) electrons. The second kappa shape index (κ2) is 9.56. The Morgan fingerprint density at radius 3 is 2.38 bits per heavy atom. The molecule has 0 aliphatic carbocycles. The normalized spacial score (nSPS) is 16.6. The average molecular weight is 515 g/mol. The topological polar surface area (TPSA) is 46.6 Å². The number of imide groups is 1. The summed E-state index contributed by atoms with van der Waals surface area (Å²) < 4.78 is 6.77. The zero-order valence-electron chi connectivity index (χ0n) is 15.7. The standard InChI is InChI=1S/C21H18BrCl2NO3S/c1-3-12(2)25-20(26)18(29-21(25)27)10-14-8-16(23)19(17(24)9-14)28-11-13-4-6-15(22)7-5-13/h4-10,12H,3,11H2,1-2H3/b18-10+/t12-/m1/s1. The first-order chi connectivity index (χ1) is 13.8. The number of hydrogen-bond donors (Lipinski definition) is 0. The van der Waals surface area contributed by atoms with Gasteiger partial charge in [0.25, 0.3) is 11.1 Å². The maximum atomic E-state index is 12.6. The molecule has 1 fully saturated rings. The fourth-order valence-electron chi connectivity index (χ4n) is 2.73. The molecule has 1 atom stereocenters. The van der Waals surface area contributed by atoms with Gasteiger partial charge in [-0.3, -0.25) is 14.5 Å². The van der Waals surface area contributed by atoms with Gasteiger partial charge in [-0.2, -0.15) is 0 Å². The Morgan fingerprint density at radius 1 is 1.17 bits per heavy atom. The summed E-state index contributed by atoms with van der Waals surface area (Å²) in [6, 6.07) is 10.9. The molecule has 0 bridgehead atoms. The van der Waals surface area contributed by atoms with Gasteiger partial charge < -0.3 is 4.74 Å². The lowest BCUT2D eigenvalue weighted by atomic mass is 10.2. The molecule has 4 nitrogen and oxygen atoms in total. The first kappa shape index (κ1) is 22.2. The van der Waals surface area contributed by atoms with E-state index in [2.05, 4.69) is 15.9 Å². The molecule has 0 unspecified atom stereocenters. The van der Waals surface area contributed by atoms with Gasteiger partial charge in [-0.15, -0.1) is 0 Å². The van der Waals surface area contributed by atoms with Crippen LogP contribution < -0.4 is 4.74 Å². The molecule has 0 spiro atoms. The second-order valence-electron chi connectivity index (χ2n) is 6.54. The van der Waals surface area contributed by atoms with Gasteiger partial charge >= 0.3 is 0 Å². The van der Waals surface area contributed by atoms with Crippen LogP contribution in [0.3, 0.4) is 0 Å². The highest BCUT2D eigenvalue weighted by atomic mass is 79.9. The molecule has 2 amide bonds. The first-order valence-electron chi connectivity index (χ1n) is 8.93. The molecule has 0 saturated carbocycles. The predicted octanol–water partition coefficient (Wildman–Crippen LogP) is 7.17. The van der Waals surface area contributed by atoms with Gasteiger partial charge in [-0.1, -0.05) is 58.2 Å². The van der Waals surface area contributed by atoms with E-state index in [0.717, 1.165) is 21.8 Å². The van der Waals surface area contributed by atoms with E-state index < -0.39 is 0 Å². The van der Waals surface area contributed by atoms with Crippen LogP contribution in [0.25, 0.3) is 6.08 Å². The van der Waals surface area contributed by atoms with Gasteiger partial charge in [0, 0.05) is 10.5 Å². The largest absolute Gasteiger partial charge is 0.486 e. The maximum Gasteiger partial charge on any atom is 0.293 e. The summed E-state index contributed by atoms with van der Waals surface area (Å²) in [5.41, 5.74) is 1.61. The van der Waals surface area contributed by atoms with Crippen molar-refractivity contribution in [2.75, 3.05) is 0 Å². The number of thioether (sulfide) groups is 1. The van der Waals surface area contributed by atoms with Gasteiger partial charge in [0.1, 0.15) is 6.61 Å².